The zero-order valence-corrected chi connectivity index (χ0v) is 15.2. The summed E-state index contributed by atoms with van der Waals surface area (Å²) in [4.78, 5) is 24.9. The fourth-order valence-electron chi connectivity index (χ4n) is 3.75. The van der Waals surface area contributed by atoms with E-state index in [0.29, 0.717) is 19.3 Å². The first-order chi connectivity index (χ1) is 11.5. The number of carbonyl (C=O) groups excluding carboxylic acids is 2. The molecule has 0 saturated heterocycles. The quantitative estimate of drug-likeness (QED) is 0.488. The van der Waals surface area contributed by atoms with Crippen molar-refractivity contribution < 1.29 is 14.7 Å². The first kappa shape index (κ1) is 18.4. The summed E-state index contributed by atoms with van der Waals surface area (Å²) in [5, 5.41) is 9.89. The van der Waals surface area contributed by atoms with Crippen LogP contribution < -0.4 is 0 Å². The Morgan fingerprint density at radius 3 is 1.83 bits per heavy atom. The van der Waals surface area contributed by atoms with Crippen LogP contribution >= 0.6 is 0 Å². The molecule has 3 nitrogen and oxygen atoms in total. The van der Waals surface area contributed by atoms with Gasteiger partial charge in [0.05, 0.1) is 5.57 Å². The minimum absolute atomic E-state index is 0.0371. The lowest BCUT2D eigenvalue weighted by molar-refractivity contribution is -0.124. The standard InChI is InChI=1S/C21H28O3/c1-5-13-9-14(6-2)20(15(7-3)10-13)16-11-18(23)21(17(22)8-4)19(24)12-16/h9-10,16,22H,5-8,11-12H2,1-4H3. The maximum atomic E-state index is 12.5. The number of carbonyl (C=O) groups is 2. The molecule has 0 aliphatic heterocycles. The molecule has 1 aliphatic carbocycles. The predicted octanol–water partition coefficient (Wildman–Crippen LogP) is 4.61. The van der Waals surface area contributed by atoms with Crippen molar-refractivity contribution >= 4 is 11.6 Å². The lowest BCUT2D eigenvalue weighted by Gasteiger charge is -2.27. The van der Waals surface area contributed by atoms with Crippen LogP contribution in [0.25, 0.3) is 0 Å². The van der Waals surface area contributed by atoms with Crippen molar-refractivity contribution in [3.63, 3.8) is 0 Å². The molecule has 130 valence electrons. The molecule has 0 heterocycles. The first-order valence-electron chi connectivity index (χ1n) is 9.09. The van der Waals surface area contributed by atoms with Crippen molar-refractivity contribution in [1.29, 1.82) is 0 Å². The summed E-state index contributed by atoms with van der Waals surface area (Å²) in [5.74, 6) is -0.538. The Balaban J connectivity index is 2.47. The zero-order chi connectivity index (χ0) is 17.9. The third-order valence-electron chi connectivity index (χ3n) is 5.03. The van der Waals surface area contributed by atoms with E-state index in [1.54, 1.807) is 6.92 Å². The molecule has 24 heavy (non-hydrogen) atoms. The highest BCUT2D eigenvalue weighted by atomic mass is 16.3. The SMILES string of the molecule is CCC(O)=C1C(=O)CC(c2c(CC)cc(CC)cc2CC)CC1=O. The molecule has 0 unspecified atom stereocenters. The molecule has 1 saturated carbocycles. The van der Waals surface area contributed by atoms with Crippen LogP contribution in [0.1, 0.15) is 75.1 Å². The summed E-state index contributed by atoms with van der Waals surface area (Å²) in [5.41, 5.74) is 5.04. The van der Waals surface area contributed by atoms with Gasteiger partial charge in [0.1, 0.15) is 5.76 Å². The van der Waals surface area contributed by atoms with Crippen molar-refractivity contribution in [3.8, 4) is 0 Å². The minimum Gasteiger partial charge on any atom is -0.511 e. The molecule has 1 aromatic rings. The van der Waals surface area contributed by atoms with Crippen LogP contribution in [-0.2, 0) is 28.9 Å². The second-order valence-electron chi connectivity index (χ2n) is 6.52. The average Bonchev–Trinajstić information content (AvgIpc) is 2.59. The molecule has 0 amide bonds. The van der Waals surface area contributed by atoms with Gasteiger partial charge in [0.15, 0.2) is 11.6 Å². The molecule has 1 aromatic carbocycles. The van der Waals surface area contributed by atoms with Crippen LogP contribution in [-0.4, -0.2) is 16.7 Å². The van der Waals surface area contributed by atoms with Crippen molar-refractivity contribution in [2.45, 2.75) is 72.1 Å². The van der Waals surface area contributed by atoms with Crippen LogP contribution in [0.15, 0.2) is 23.5 Å². The van der Waals surface area contributed by atoms with Crippen LogP contribution in [0.2, 0.25) is 0 Å². The number of benzene rings is 1. The molecule has 0 aromatic heterocycles. The number of ketones is 2. The molecular formula is C21H28O3. The number of rotatable bonds is 5. The Hall–Kier alpha value is -1.90. The molecule has 0 atom stereocenters. The van der Waals surface area contributed by atoms with Crippen LogP contribution in [0.5, 0.6) is 0 Å². The van der Waals surface area contributed by atoms with Gasteiger partial charge in [-0.25, -0.2) is 0 Å². The summed E-state index contributed by atoms with van der Waals surface area (Å²) in [6, 6.07) is 4.44. The van der Waals surface area contributed by atoms with Crippen molar-refractivity contribution in [3.05, 3.63) is 45.7 Å². The van der Waals surface area contributed by atoms with Crippen molar-refractivity contribution in [1.82, 2.24) is 0 Å². The largest absolute Gasteiger partial charge is 0.511 e. The lowest BCUT2D eigenvalue weighted by atomic mass is 9.75. The number of aliphatic hydroxyl groups excluding tert-OH is 1. The van der Waals surface area contributed by atoms with Gasteiger partial charge in [0.2, 0.25) is 0 Å². The molecular weight excluding hydrogens is 300 g/mol. The summed E-state index contributed by atoms with van der Waals surface area (Å²) >= 11 is 0. The Bertz CT molecular complexity index is 637. The third-order valence-corrected chi connectivity index (χ3v) is 5.03. The Morgan fingerprint density at radius 2 is 1.46 bits per heavy atom. The Labute approximate surface area is 144 Å². The van der Waals surface area contributed by atoms with E-state index >= 15 is 0 Å². The molecule has 1 aliphatic rings. The molecule has 1 N–H and O–H groups in total. The van der Waals surface area contributed by atoms with Gasteiger partial charge in [-0.15, -0.1) is 0 Å². The second-order valence-corrected chi connectivity index (χ2v) is 6.52. The number of hydrogen-bond donors (Lipinski definition) is 1. The van der Waals surface area contributed by atoms with Gasteiger partial charge in [0, 0.05) is 19.3 Å². The number of allylic oxidation sites excluding steroid dienone is 2. The number of Topliss-reactive ketones (excluding diaryl/α,β-unsaturated/α-hetero) is 2. The van der Waals surface area contributed by atoms with Gasteiger partial charge >= 0.3 is 0 Å². The van der Waals surface area contributed by atoms with Crippen LogP contribution in [0, 0.1) is 0 Å². The van der Waals surface area contributed by atoms with E-state index < -0.39 is 0 Å². The predicted molar refractivity (Wildman–Crippen MR) is 96.5 cm³/mol. The number of aryl methyl sites for hydroxylation is 3. The fourth-order valence-corrected chi connectivity index (χ4v) is 3.75. The van der Waals surface area contributed by atoms with E-state index in [0.717, 1.165) is 19.3 Å². The average molecular weight is 328 g/mol. The molecule has 3 heteroatoms. The van der Waals surface area contributed by atoms with Gasteiger partial charge in [-0.1, -0.05) is 39.8 Å². The van der Waals surface area contributed by atoms with E-state index in [2.05, 4.69) is 32.9 Å². The van der Waals surface area contributed by atoms with Crippen LogP contribution in [0.4, 0.5) is 0 Å². The Morgan fingerprint density at radius 1 is 0.958 bits per heavy atom. The molecule has 0 radical (unpaired) electrons. The van der Waals surface area contributed by atoms with E-state index in [1.807, 2.05) is 0 Å². The van der Waals surface area contributed by atoms with Gasteiger partial charge in [-0.05, 0) is 47.4 Å². The highest BCUT2D eigenvalue weighted by Crippen LogP contribution is 2.37. The fraction of sp³-hybridized carbons (Fsp3) is 0.524. The molecule has 1 fully saturated rings. The molecule has 2 rings (SSSR count). The Kier molecular flexibility index (Phi) is 5.98. The zero-order valence-electron chi connectivity index (χ0n) is 15.2. The topological polar surface area (TPSA) is 54.4 Å². The molecule has 0 spiro atoms. The summed E-state index contributed by atoms with van der Waals surface area (Å²) in [6.07, 6.45) is 3.74. The molecule has 0 bridgehead atoms. The van der Waals surface area contributed by atoms with Gasteiger partial charge < -0.3 is 5.11 Å². The van der Waals surface area contributed by atoms with E-state index in [4.69, 9.17) is 0 Å². The lowest BCUT2D eigenvalue weighted by Crippen LogP contribution is -2.27. The van der Waals surface area contributed by atoms with Crippen molar-refractivity contribution in [2.24, 2.45) is 0 Å². The summed E-state index contributed by atoms with van der Waals surface area (Å²) in [7, 11) is 0. The smallest absolute Gasteiger partial charge is 0.170 e. The highest BCUT2D eigenvalue weighted by molar-refractivity contribution is 6.22. The van der Waals surface area contributed by atoms with Crippen LogP contribution in [0.3, 0.4) is 0 Å². The summed E-state index contributed by atoms with van der Waals surface area (Å²) < 4.78 is 0. The van der Waals surface area contributed by atoms with Crippen molar-refractivity contribution in [2.75, 3.05) is 0 Å². The van der Waals surface area contributed by atoms with E-state index in [1.165, 1.54) is 22.3 Å². The number of hydrogen-bond acceptors (Lipinski definition) is 3. The first-order valence-corrected chi connectivity index (χ1v) is 9.09. The van der Waals surface area contributed by atoms with E-state index in [9.17, 15) is 14.7 Å². The van der Waals surface area contributed by atoms with E-state index in [-0.39, 0.29) is 28.8 Å². The maximum Gasteiger partial charge on any atom is 0.170 e. The number of aliphatic hydroxyl groups is 1. The summed E-state index contributed by atoms with van der Waals surface area (Å²) in [6.45, 7) is 8.14. The van der Waals surface area contributed by atoms with Gasteiger partial charge in [-0.2, -0.15) is 0 Å². The third kappa shape index (κ3) is 3.45. The minimum atomic E-state index is -0.209. The van der Waals surface area contributed by atoms with Gasteiger partial charge in [-0.3, -0.25) is 9.59 Å². The monoisotopic (exact) mass is 328 g/mol. The second kappa shape index (κ2) is 7.78. The normalized spacial score (nSPS) is 18.2. The maximum absolute atomic E-state index is 12.5. The highest BCUT2D eigenvalue weighted by Gasteiger charge is 2.35. The van der Waals surface area contributed by atoms with Gasteiger partial charge in [0.25, 0.3) is 0 Å².